The molecule has 0 amide bonds. The Morgan fingerprint density at radius 2 is 1.62 bits per heavy atom. The van der Waals surface area contributed by atoms with Crippen molar-refractivity contribution < 1.29 is 8.42 Å². The first kappa shape index (κ1) is 17.7. The molecule has 21 heavy (non-hydrogen) atoms. The van der Waals surface area contributed by atoms with E-state index in [1.54, 1.807) is 12.1 Å². The van der Waals surface area contributed by atoms with Gasteiger partial charge in [0.05, 0.1) is 10.6 Å². The average Bonchev–Trinajstić information content (AvgIpc) is 2.45. The summed E-state index contributed by atoms with van der Waals surface area (Å²) in [5.74, 6) is 0.0582. The Labute approximate surface area is 127 Å². The summed E-state index contributed by atoms with van der Waals surface area (Å²) in [6, 6.07) is 6.20. The highest BCUT2D eigenvalue weighted by Gasteiger charge is 2.16. The Bertz CT molecular complexity index is 547. The third-order valence-corrected chi connectivity index (χ3v) is 4.99. The molecule has 5 nitrogen and oxygen atoms in total. The van der Waals surface area contributed by atoms with E-state index in [1.807, 2.05) is 0 Å². The third-order valence-electron chi connectivity index (χ3n) is 3.28. The van der Waals surface area contributed by atoms with Crippen molar-refractivity contribution in [1.29, 1.82) is 5.41 Å². The van der Waals surface area contributed by atoms with Crippen molar-refractivity contribution in [2.45, 2.75) is 31.6 Å². The van der Waals surface area contributed by atoms with Crippen molar-refractivity contribution in [2.75, 3.05) is 25.4 Å². The third kappa shape index (κ3) is 5.47. The maximum absolute atomic E-state index is 12.3. The van der Waals surface area contributed by atoms with Crippen molar-refractivity contribution >= 4 is 15.7 Å². The zero-order valence-electron chi connectivity index (χ0n) is 12.8. The molecule has 0 aliphatic rings. The number of benzene rings is 1. The fourth-order valence-electron chi connectivity index (χ4n) is 2.18. The van der Waals surface area contributed by atoms with Crippen LogP contribution in [0.5, 0.6) is 0 Å². The monoisotopic (exact) mass is 311 g/mol. The molecule has 1 rings (SSSR count). The molecule has 0 heterocycles. The van der Waals surface area contributed by atoms with E-state index in [4.69, 9.17) is 11.1 Å². The molecule has 0 atom stereocenters. The number of nitrogens with two attached hydrogens (primary N) is 1. The standard InChI is InChI=1S/C15H25N3O2S/c1-3-9-18(10-4-2)11-12-21(19,20)14-7-5-13(6-8-14)15(16)17/h5-8H,3-4,9-12H2,1-2H3,(H3,16,17). The molecular weight excluding hydrogens is 286 g/mol. The molecule has 0 fully saturated rings. The number of nitrogens with one attached hydrogen (secondary N) is 1. The topological polar surface area (TPSA) is 87.2 Å². The number of hydrogen-bond acceptors (Lipinski definition) is 4. The number of amidine groups is 1. The van der Waals surface area contributed by atoms with E-state index in [0.29, 0.717) is 17.0 Å². The smallest absolute Gasteiger partial charge is 0.179 e. The van der Waals surface area contributed by atoms with Gasteiger partial charge < -0.3 is 10.6 Å². The molecule has 0 unspecified atom stereocenters. The van der Waals surface area contributed by atoms with Crippen LogP contribution in [0.2, 0.25) is 0 Å². The van der Waals surface area contributed by atoms with Crippen LogP contribution < -0.4 is 5.73 Å². The molecule has 0 saturated heterocycles. The van der Waals surface area contributed by atoms with Crippen LogP contribution in [0.4, 0.5) is 0 Å². The molecule has 3 N–H and O–H groups in total. The van der Waals surface area contributed by atoms with E-state index >= 15 is 0 Å². The number of sulfone groups is 1. The molecule has 0 saturated carbocycles. The van der Waals surface area contributed by atoms with Crippen molar-refractivity contribution in [3.63, 3.8) is 0 Å². The van der Waals surface area contributed by atoms with Gasteiger partial charge in [-0.3, -0.25) is 5.41 Å². The Morgan fingerprint density at radius 1 is 1.10 bits per heavy atom. The summed E-state index contributed by atoms with van der Waals surface area (Å²) < 4.78 is 24.6. The quantitative estimate of drug-likeness (QED) is 0.538. The first-order chi connectivity index (χ1) is 9.90. The predicted octanol–water partition coefficient (Wildman–Crippen LogP) is 1.87. The van der Waals surface area contributed by atoms with Gasteiger partial charge in [0.1, 0.15) is 5.84 Å². The molecule has 1 aromatic carbocycles. The molecule has 0 aromatic heterocycles. The molecule has 0 radical (unpaired) electrons. The fraction of sp³-hybridized carbons (Fsp3) is 0.533. The summed E-state index contributed by atoms with van der Waals surface area (Å²) in [7, 11) is -3.29. The zero-order chi connectivity index (χ0) is 15.9. The van der Waals surface area contributed by atoms with E-state index in [9.17, 15) is 8.42 Å². The maximum atomic E-state index is 12.3. The Morgan fingerprint density at radius 3 is 2.05 bits per heavy atom. The lowest BCUT2D eigenvalue weighted by Crippen LogP contribution is -2.31. The molecule has 0 aliphatic carbocycles. The van der Waals surface area contributed by atoms with Gasteiger partial charge >= 0.3 is 0 Å². The van der Waals surface area contributed by atoms with Gasteiger partial charge in [-0.15, -0.1) is 0 Å². The van der Waals surface area contributed by atoms with Crippen LogP contribution in [0.15, 0.2) is 29.2 Å². The summed E-state index contributed by atoms with van der Waals surface area (Å²) in [5.41, 5.74) is 5.90. The van der Waals surface area contributed by atoms with Crippen molar-refractivity contribution in [2.24, 2.45) is 5.73 Å². The Balaban J connectivity index is 2.74. The first-order valence-electron chi connectivity index (χ1n) is 7.30. The van der Waals surface area contributed by atoms with Gasteiger partial charge in [-0.1, -0.05) is 26.0 Å². The lowest BCUT2D eigenvalue weighted by molar-refractivity contribution is 0.290. The minimum absolute atomic E-state index is 0.0592. The average molecular weight is 311 g/mol. The lowest BCUT2D eigenvalue weighted by atomic mass is 10.2. The molecule has 0 spiro atoms. The number of hydrogen-bond donors (Lipinski definition) is 2. The van der Waals surface area contributed by atoms with E-state index in [-0.39, 0.29) is 11.6 Å². The van der Waals surface area contributed by atoms with E-state index in [1.165, 1.54) is 12.1 Å². The lowest BCUT2D eigenvalue weighted by Gasteiger charge is -2.20. The minimum Gasteiger partial charge on any atom is -0.384 e. The molecule has 1 aromatic rings. The summed E-state index contributed by atoms with van der Waals surface area (Å²) >= 11 is 0. The molecule has 6 heteroatoms. The van der Waals surface area contributed by atoms with Gasteiger partial charge in [0.2, 0.25) is 0 Å². The predicted molar refractivity (Wildman–Crippen MR) is 86.5 cm³/mol. The second-order valence-corrected chi connectivity index (χ2v) is 7.21. The number of nitrogens with zero attached hydrogens (tertiary/aromatic N) is 1. The van der Waals surface area contributed by atoms with Gasteiger partial charge in [-0.05, 0) is 38.1 Å². The normalized spacial score (nSPS) is 11.8. The van der Waals surface area contributed by atoms with Gasteiger partial charge in [0.25, 0.3) is 0 Å². The molecule has 118 valence electrons. The van der Waals surface area contributed by atoms with Crippen LogP contribution in [-0.2, 0) is 9.84 Å². The largest absolute Gasteiger partial charge is 0.384 e. The number of nitrogen functional groups attached to an aromatic ring is 1. The molecule has 0 aliphatic heterocycles. The Kier molecular flexibility index (Phi) is 6.84. The summed E-state index contributed by atoms with van der Waals surface area (Å²) in [4.78, 5) is 2.47. The van der Waals surface area contributed by atoms with Crippen molar-refractivity contribution in [3.8, 4) is 0 Å². The highest BCUT2D eigenvalue weighted by Crippen LogP contribution is 2.13. The first-order valence-corrected chi connectivity index (χ1v) is 8.95. The SMILES string of the molecule is CCCN(CCC)CCS(=O)(=O)c1ccc(C(=N)N)cc1. The van der Waals surface area contributed by atoms with Crippen LogP contribution in [0.3, 0.4) is 0 Å². The van der Waals surface area contributed by atoms with Crippen LogP contribution in [0, 0.1) is 5.41 Å². The van der Waals surface area contributed by atoms with E-state index in [0.717, 1.165) is 25.9 Å². The van der Waals surface area contributed by atoms with E-state index < -0.39 is 9.84 Å². The fourth-order valence-corrected chi connectivity index (χ4v) is 3.46. The van der Waals surface area contributed by atoms with Crippen LogP contribution in [0.25, 0.3) is 0 Å². The van der Waals surface area contributed by atoms with Gasteiger partial charge in [0, 0.05) is 12.1 Å². The summed E-state index contributed by atoms with van der Waals surface area (Å²) in [6.07, 6.45) is 2.04. The maximum Gasteiger partial charge on any atom is 0.179 e. The van der Waals surface area contributed by atoms with Crippen LogP contribution in [0.1, 0.15) is 32.3 Å². The zero-order valence-corrected chi connectivity index (χ0v) is 13.6. The second-order valence-electron chi connectivity index (χ2n) is 5.10. The van der Waals surface area contributed by atoms with Gasteiger partial charge in [0.15, 0.2) is 9.84 Å². The van der Waals surface area contributed by atoms with Crippen molar-refractivity contribution in [1.82, 2.24) is 4.90 Å². The van der Waals surface area contributed by atoms with Crippen LogP contribution in [-0.4, -0.2) is 44.5 Å². The van der Waals surface area contributed by atoms with Crippen molar-refractivity contribution in [3.05, 3.63) is 29.8 Å². The highest BCUT2D eigenvalue weighted by molar-refractivity contribution is 7.91. The summed E-state index contributed by atoms with van der Waals surface area (Å²) in [5, 5.41) is 7.31. The van der Waals surface area contributed by atoms with Gasteiger partial charge in [-0.25, -0.2) is 8.42 Å². The highest BCUT2D eigenvalue weighted by atomic mass is 32.2. The number of rotatable bonds is 9. The second kappa shape index (κ2) is 8.14. The van der Waals surface area contributed by atoms with E-state index in [2.05, 4.69) is 18.7 Å². The minimum atomic E-state index is -3.29. The van der Waals surface area contributed by atoms with Gasteiger partial charge in [-0.2, -0.15) is 0 Å². The van der Waals surface area contributed by atoms with Crippen LogP contribution >= 0.6 is 0 Å². The summed E-state index contributed by atoms with van der Waals surface area (Å²) in [6.45, 7) is 6.59. The molecule has 0 bridgehead atoms. The molecular formula is C15H25N3O2S. The Hall–Kier alpha value is -1.40.